The summed E-state index contributed by atoms with van der Waals surface area (Å²) < 4.78 is 0. The second-order valence-electron chi connectivity index (χ2n) is 8.20. The summed E-state index contributed by atoms with van der Waals surface area (Å²) in [6.45, 7) is 10.4. The zero-order valence-corrected chi connectivity index (χ0v) is 17.3. The first-order valence-corrected chi connectivity index (χ1v) is 10.7. The molecule has 28 heavy (non-hydrogen) atoms. The number of likely N-dealkylation sites (tertiary alicyclic amines) is 1. The van der Waals surface area contributed by atoms with Crippen LogP contribution in [0.3, 0.4) is 0 Å². The van der Waals surface area contributed by atoms with Crippen molar-refractivity contribution in [2.45, 2.75) is 33.1 Å². The van der Waals surface area contributed by atoms with Gasteiger partial charge in [-0.2, -0.15) is 0 Å². The van der Waals surface area contributed by atoms with Crippen molar-refractivity contribution >= 4 is 17.5 Å². The molecule has 0 unspecified atom stereocenters. The number of amides is 2. The third-order valence-corrected chi connectivity index (χ3v) is 5.87. The Balaban J connectivity index is 1.40. The SMILES string of the molecule is CCc1ccccc1NC(=O)CN1CCN(CC(=O)N2CCC[C@@H](C)C2)CC1. The first-order valence-electron chi connectivity index (χ1n) is 10.7. The number of piperazine rings is 1. The predicted molar refractivity (Wildman–Crippen MR) is 112 cm³/mol. The summed E-state index contributed by atoms with van der Waals surface area (Å²) >= 11 is 0. The molecular formula is C22H34N4O2. The quantitative estimate of drug-likeness (QED) is 0.813. The van der Waals surface area contributed by atoms with E-state index < -0.39 is 0 Å². The fourth-order valence-electron chi connectivity index (χ4n) is 4.16. The van der Waals surface area contributed by atoms with E-state index in [1.807, 2.05) is 23.1 Å². The highest BCUT2D eigenvalue weighted by atomic mass is 16.2. The average molecular weight is 387 g/mol. The van der Waals surface area contributed by atoms with Gasteiger partial charge in [-0.25, -0.2) is 0 Å². The first kappa shape index (κ1) is 20.8. The van der Waals surface area contributed by atoms with Gasteiger partial charge < -0.3 is 10.2 Å². The van der Waals surface area contributed by atoms with Gasteiger partial charge in [0.15, 0.2) is 0 Å². The number of rotatable bonds is 6. The van der Waals surface area contributed by atoms with Crippen molar-refractivity contribution < 1.29 is 9.59 Å². The van der Waals surface area contributed by atoms with Crippen molar-refractivity contribution in [3.8, 4) is 0 Å². The number of para-hydroxylation sites is 1. The van der Waals surface area contributed by atoms with E-state index in [1.54, 1.807) is 0 Å². The first-order chi connectivity index (χ1) is 13.5. The molecule has 0 aliphatic carbocycles. The van der Waals surface area contributed by atoms with Gasteiger partial charge in [0, 0.05) is 45.0 Å². The Labute approximate surface area is 168 Å². The van der Waals surface area contributed by atoms with Gasteiger partial charge in [0.1, 0.15) is 0 Å². The molecule has 0 saturated carbocycles. The van der Waals surface area contributed by atoms with Crippen molar-refractivity contribution in [1.82, 2.24) is 14.7 Å². The van der Waals surface area contributed by atoms with Crippen LogP contribution >= 0.6 is 0 Å². The van der Waals surface area contributed by atoms with Crippen LogP contribution in [0.2, 0.25) is 0 Å². The number of nitrogens with zero attached hydrogens (tertiary/aromatic N) is 3. The Morgan fingerprint density at radius 2 is 1.71 bits per heavy atom. The number of carbonyl (C=O) groups is 2. The molecule has 2 fully saturated rings. The lowest BCUT2D eigenvalue weighted by Gasteiger charge is -2.36. The Morgan fingerprint density at radius 1 is 1.04 bits per heavy atom. The molecule has 1 aromatic carbocycles. The molecule has 2 aliphatic heterocycles. The minimum atomic E-state index is 0.0349. The van der Waals surface area contributed by atoms with Crippen LogP contribution in [-0.4, -0.2) is 78.9 Å². The molecule has 6 nitrogen and oxygen atoms in total. The molecule has 0 aromatic heterocycles. The number of benzene rings is 1. The molecule has 154 valence electrons. The highest BCUT2D eigenvalue weighted by Gasteiger charge is 2.25. The topological polar surface area (TPSA) is 55.9 Å². The molecule has 6 heteroatoms. The number of anilines is 1. The van der Waals surface area contributed by atoms with E-state index in [1.165, 1.54) is 6.42 Å². The fourth-order valence-corrected chi connectivity index (χ4v) is 4.16. The van der Waals surface area contributed by atoms with Crippen LogP contribution < -0.4 is 5.32 Å². The van der Waals surface area contributed by atoms with Crippen molar-refractivity contribution in [3.05, 3.63) is 29.8 Å². The fraction of sp³-hybridized carbons (Fsp3) is 0.636. The van der Waals surface area contributed by atoms with E-state index in [2.05, 4.69) is 35.0 Å². The zero-order chi connectivity index (χ0) is 19.9. The molecule has 1 N–H and O–H groups in total. The van der Waals surface area contributed by atoms with E-state index in [-0.39, 0.29) is 11.8 Å². The number of aryl methyl sites for hydroxylation is 1. The number of hydrogen-bond donors (Lipinski definition) is 1. The molecule has 2 saturated heterocycles. The largest absolute Gasteiger partial charge is 0.341 e. The molecule has 0 bridgehead atoms. The maximum atomic E-state index is 12.5. The van der Waals surface area contributed by atoms with Crippen LogP contribution in [0.5, 0.6) is 0 Å². The maximum absolute atomic E-state index is 12.5. The van der Waals surface area contributed by atoms with Gasteiger partial charge in [-0.05, 0) is 36.8 Å². The molecule has 0 radical (unpaired) electrons. The minimum absolute atomic E-state index is 0.0349. The van der Waals surface area contributed by atoms with Gasteiger partial charge in [0.05, 0.1) is 13.1 Å². The second-order valence-corrected chi connectivity index (χ2v) is 8.20. The third kappa shape index (κ3) is 5.79. The van der Waals surface area contributed by atoms with Crippen molar-refractivity contribution in [2.75, 3.05) is 57.7 Å². The van der Waals surface area contributed by atoms with Crippen LogP contribution in [0.1, 0.15) is 32.3 Å². The zero-order valence-electron chi connectivity index (χ0n) is 17.3. The number of carbonyl (C=O) groups excluding carboxylic acids is 2. The molecule has 0 spiro atoms. The lowest BCUT2D eigenvalue weighted by atomic mass is 10.0. The summed E-state index contributed by atoms with van der Waals surface area (Å²) in [6.07, 6.45) is 3.25. The highest BCUT2D eigenvalue weighted by molar-refractivity contribution is 5.93. The molecule has 2 heterocycles. The molecule has 2 aliphatic rings. The normalized spacial score (nSPS) is 21.5. The minimum Gasteiger partial charge on any atom is -0.341 e. The number of nitrogens with one attached hydrogen (secondary N) is 1. The van der Waals surface area contributed by atoms with Crippen LogP contribution in [0.25, 0.3) is 0 Å². The lowest BCUT2D eigenvalue weighted by molar-refractivity contribution is -0.134. The standard InChI is InChI=1S/C22H34N4O2/c1-3-19-8-4-5-9-20(19)23-21(27)16-24-11-13-25(14-12-24)17-22(28)26-10-6-7-18(2)15-26/h4-5,8-9,18H,3,6-7,10-17H2,1-2H3,(H,23,27)/t18-/m1/s1. The summed E-state index contributed by atoms with van der Waals surface area (Å²) in [6, 6.07) is 7.96. The van der Waals surface area contributed by atoms with Gasteiger partial charge in [-0.3, -0.25) is 19.4 Å². The molecule has 2 amide bonds. The highest BCUT2D eigenvalue weighted by Crippen LogP contribution is 2.17. The summed E-state index contributed by atoms with van der Waals surface area (Å²) in [5.41, 5.74) is 2.07. The van der Waals surface area contributed by atoms with Gasteiger partial charge in [-0.15, -0.1) is 0 Å². The smallest absolute Gasteiger partial charge is 0.238 e. The van der Waals surface area contributed by atoms with Gasteiger partial charge in [-0.1, -0.05) is 32.0 Å². The van der Waals surface area contributed by atoms with Crippen molar-refractivity contribution in [1.29, 1.82) is 0 Å². The monoisotopic (exact) mass is 386 g/mol. The molecule has 3 rings (SSSR count). The third-order valence-electron chi connectivity index (χ3n) is 5.87. The Hall–Kier alpha value is -1.92. The lowest BCUT2D eigenvalue weighted by Crippen LogP contribution is -2.52. The molecule has 1 atom stereocenters. The van der Waals surface area contributed by atoms with Crippen LogP contribution in [0.4, 0.5) is 5.69 Å². The molecule has 1 aromatic rings. The van der Waals surface area contributed by atoms with Crippen LogP contribution in [0, 0.1) is 5.92 Å². The summed E-state index contributed by atoms with van der Waals surface area (Å²) in [7, 11) is 0. The van der Waals surface area contributed by atoms with Crippen LogP contribution in [0.15, 0.2) is 24.3 Å². The van der Waals surface area contributed by atoms with E-state index in [4.69, 9.17) is 0 Å². The maximum Gasteiger partial charge on any atom is 0.238 e. The van der Waals surface area contributed by atoms with Crippen LogP contribution in [-0.2, 0) is 16.0 Å². The summed E-state index contributed by atoms with van der Waals surface area (Å²) in [5, 5.41) is 3.04. The van der Waals surface area contributed by atoms with E-state index in [0.29, 0.717) is 19.0 Å². The van der Waals surface area contributed by atoms with Gasteiger partial charge in [0.2, 0.25) is 11.8 Å². The Kier molecular flexibility index (Phi) is 7.45. The van der Waals surface area contributed by atoms with Gasteiger partial charge >= 0.3 is 0 Å². The van der Waals surface area contributed by atoms with E-state index >= 15 is 0 Å². The van der Waals surface area contributed by atoms with E-state index in [9.17, 15) is 9.59 Å². The Morgan fingerprint density at radius 3 is 2.39 bits per heavy atom. The van der Waals surface area contributed by atoms with Crippen molar-refractivity contribution in [2.24, 2.45) is 5.92 Å². The second kappa shape index (κ2) is 10.0. The van der Waals surface area contributed by atoms with Crippen molar-refractivity contribution in [3.63, 3.8) is 0 Å². The Bertz CT molecular complexity index is 670. The number of piperidine rings is 1. The summed E-state index contributed by atoms with van der Waals surface area (Å²) in [4.78, 5) is 31.4. The summed E-state index contributed by atoms with van der Waals surface area (Å²) in [5.74, 6) is 0.910. The van der Waals surface area contributed by atoms with E-state index in [0.717, 1.165) is 63.4 Å². The molecular weight excluding hydrogens is 352 g/mol. The number of hydrogen-bond acceptors (Lipinski definition) is 4. The predicted octanol–water partition coefficient (Wildman–Crippen LogP) is 2.06. The average Bonchev–Trinajstić information content (AvgIpc) is 2.70. The van der Waals surface area contributed by atoms with Gasteiger partial charge in [0.25, 0.3) is 0 Å².